The highest BCUT2D eigenvalue weighted by molar-refractivity contribution is 5.69. The Morgan fingerprint density at radius 2 is 2.42 bits per heavy atom. The molecule has 0 amide bonds. The SMILES string of the molecule is CC[C@@H]1C[C@H](O)[C@H](n2cnc3c(=O)[nH]c(C)nc32)O1. The summed E-state index contributed by atoms with van der Waals surface area (Å²) in [5.41, 5.74) is 0.434. The summed E-state index contributed by atoms with van der Waals surface area (Å²) in [6, 6.07) is 0. The van der Waals surface area contributed by atoms with Gasteiger partial charge in [-0.1, -0.05) is 6.92 Å². The minimum Gasteiger partial charge on any atom is -0.388 e. The Labute approximate surface area is 109 Å². The number of aromatic amines is 1. The molecule has 3 heterocycles. The van der Waals surface area contributed by atoms with Crippen molar-refractivity contribution in [2.45, 2.75) is 45.1 Å². The van der Waals surface area contributed by atoms with E-state index in [0.29, 0.717) is 17.9 Å². The number of ether oxygens (including phenoxy) is 1. The number of hydrogen-bond donors (Lipinski definition) is 2. The Morgan fingerprint density at radius 1 is 1.63 bits per heavy atom. The van der Waals surface area contributed by atoms with Gasteiger partial charge in [0, 0.05) is 6.42 Å². The van der Waals surface area contributed by atoms with Crippen LogP contribution < -0.4 is 5.56 Å². The Bertz CT molecular complexity index is 663. The lowest BCUT2D eigenvalue weighted by Gasteiger charge is -2.16. The highest BCUT2D eigenvalue weighted by Gasteiger charge is 2.35. The molecule has 3 atom stereocenters. The molecule has 2 aromatic heterocycles. The molecule has 102 valence electrons. The third kappa shape index (κ3) is 1.95. The molecule has 7 nitrogen and oxygen atoms in total. The van der Waals surface area contributed by atoms with Crippen molar-refractivity contribution >= 4 is 11.2 Å². The summed E-state index contributed by atoms with van der Waals surface area (Å²) in [5, 5.41) is 10.1. The summed E-state index contributed by atoms with van der Waals surface area (Å²) < 4.78 is 7.41. The van der Waals surface area contributed by atoms with Gasteiger partial charge >= 0.3 is 0 Å². The van der Waals surface area contributed by atoms with Crippen LogP contribution in [0.5, 0.6) is 0 Å². The number of H-pyrrole nitrogens is 1. The third-order valence-electron chi connectivity index (χ3n) is 3.45. The van der Waals surface area contributed by atoms with Crippen molar-refractivity contribution in [2.75, 3.05) is 0 Å². The first-order chi connectivity index (χ1) is 9.10. The van der Waals surface area contributed by atoms with Gasteiger partial charge in [0.05, 0.1) is 12.4 Å². The largest absolute Gasteiger partial charge is 0.388 e. The number of aliphatic hydroxyl groups excluding tert-OH is 1. The maximum atomic E-state index is 11.8. The predicted molar refractivity (Wildman–Crippen MR) is 67.7 cm³/mol. The lowest BCUT2D eigenvalue weighted by molar-refractivity contribution is -0.0355. The minimum atomic E-state index is -0.608. The van der Waals surface area contributed by atoms with E-state index in [-0.39, 0.29) is 17.2 Å². The first kappa shape index (κ1) is 12.3. The molecule has 0 bridgehead atoms. The first-order valence-corrected chi connectivity index (χ1v) is 6.37. The van der Waals surface area contributed by atoms with Gasteiger partial charge in [0.15, 0.2) is 17.4 Å². The van der Waals surface area contributed by atoms with E-state index in [1.54, 1.807) is 11.5 Å². The zero-order chi connectivity index (χ0) is 13.6. The molecule has 0 radical (unpaired) electrons. The van der Waals surface area contributed by atoms with Crippen LogP contribution in [0, 0.1) is 6.92 Å². The number of fused-ring (bicyclic) bond motifs is 1. The molecule has 7 heteroatoms. The molecule has 2 N–H and O–H groups in total. The summed E-state index contributed by atoms with van der Waals surface area (Å²) in [4.78, 5) is 22.7. The van der Waals surface area contributed by atoms with Crippen LogP contribution in [0.4, 0.5) is 0 Å². The number of aromatic nitrogens is 4. The molecule has 0 saturated carbocycles. The molecule has 0 spiro atoms. The van der Waals surface area contributed by atoms with Crippen LogP contribution in [0.2, 0.25) is 0 Å². The lowest BCUT2D eigenvalue weighted by atomic mass is 10.1. The van der Waals surface area contributed by atoms with E-state index >= 15 is 0 Å². The van der Waals surface area contributed by atoms with Gasteiger partial charge in [-0.25, -0.2) is 9.97 Å². The van der Waals surface area contributed by atoms with Crippen LogP contribution in [0.1, 0.15) is 31.8 Å². The van der Waals surface area contributed by atoms with E-state index in [2.05, 4.69) is 15.0 Å². The van der Waals surface area contributed by atoms with Crippen molar-refractivity contribution in [3.05, 3.63) is 22.5 Å². The zero-order valence-electron chi connectivity index (χ0n) is 10.8. The average molecular weight is 264 g/mol. The zero-order valence-corrected chi connectivity index (χ0v) is 10.8. The van der Waals surface area contributed by atoms with Crippen LogP contribution in [0.25, 0.3) is 11.2 Å². The van der Waals surface area contributed by atoms with Crippen LogP contribution in [0.15, 0.2) is 11.1 Å². The number of imidazole rings is 1. The molecular weight excluding hydrogens is 248 g/mol. The van der Waals surface area contributed by atoms with E-state index in [9.17, 15) is 9.90 Å². The highest BCUT2D eigenvalue weighted by Crippen LogP contribution is 2.31. The predicted octanol–water partition coefficient (Wildman–Crippen LogP) is 0.486. The molecule has 2 aromatic rings. The summed E-state index contributed by atoms with van der Waals surface area (Å²) in [5.74, 6) is 0.513. The molecule has 1 saturated heterocycles. The van der Waals surface area contributed by atoms with Crippen LogP contribution in [-0.2, 0) is 4.74 Å². The Kier molecular flexibility index (Phi) is 2.87. The van der Waals surface area contributed by atoms with Crippen molar-refractivity contribution in [1.29, 1.82) is 0 Å². The monoisotopic (exact) mass is 264 g/mol. The topological polar surface area (TPSA) is 93.0 Å². The Hall–Kier alpha value is -1.73. The molecular formula is C12H16N4O3. The number of hydrogen-bond acceptors (Lipinski definition) is 5. The smallest absolute Gasteiger partial charge is 0.279 e. The lowest BCUT2D eigenvalue weighted by Crippen LogP contribution is -2.20. The van der Waals surface area contributed by atoms with Crippen LogP contribution >= 0.6 is 0 Å². The number of aryl methyl sites for hydroxylation is 1. The fraction of sp³-hybridized carbons (Fsp3) is 0.583. The normalized spacial score (nSPS) is 27.2. The van der Waals surface area contributed by atoms with Gasteiger partial charge < -0.3 is 14.8 Å². The van der Waals surface area contributed by atoms with Gasteiger partial charge in [-0.05, 0) is 13.3 Å². The van der Waals surface area contributed by atoms with E-state index in [1.807, 2.05) is 6.92 Å². The second-order valence-corrected chi connectivity index (χ2v) is 4.84. The molecule has 1 aliphatic rings. The average Bonchev–Trinajstić information content (AvgIpc) is 2.92. The van der Waals surface area contributed by atoms with Gasteiger partial charge in [0.1, 0.15) is 11.9 Å². The van der Waals surface area contributed by atoms with Crippen molar-refractivity contribution in [3.8, 4) is 0 Å². The van der Waals surface area contributed by atoms with E-state index in [0.717, 1.165) is 6.42 Å². The van der Waals surface area contributed by atoms with Crippen molar-refractivity contribution in [2.24, 2.45) is 0 Å². The number of nitrogens with one attached hydrogen (secondary N) is 1. The van der Waals surface area contributed by atoms with Gasteiger partial charge in [-0.2, -0.15) is 0 Å². The van der Waals surface area contributed by atoms with E-state index in [1.165, 1.54) is 6.33 Å². The Morgan fingerprint density at radius 3 is 3.11 bits per heavy atom. The standard InChI is InChI=1S/C12H16N4O3/c1-3-7-4-8(17)12(19-7)16-5-13-9-10(16)14-6(2)15-11(9)18/h5,7-8,12,17H,3-4H2,1-2H3,(H,14,15,18)/t7-,8+,12-/m1/s1. The van der Waals surface area contributed by atoms with Crippen molar-refractivity contribution < 1.29 is 9.84 Å². The maximum Gasteiger partial charge on any atom is 0.279 e. The third-order valence-corrected chi connectivity index (χ3v) is 3.45. The second-order valence-electron chi connectivity index (χ2n) is 4.84. The molecule has 0 unspecified atom stereocenters. The van der Waals surface area contributed by atoms with Crippen molar-refractivity contribution in [1.82, 2.24) is 19.5 Å². The molecule has 0 aromatic carbocycles. The maximum absolute atomic E-state index is 11.8. The summed E-state index contributed by atoms with van der Waals surface area (Å²) in [6.45, 7) is 3.72. The minimum absolute atomic E-state index is 0.0283. The Balaban J connectivity index is 2.09. The number of aliphatic hydroxyl groups is 1. The van der Waals surface area contributed by atoms with Crippen molar-refractivity contribution in [3.63, 3.8) is 0 Å². The summed E-state index contributed by atoms with van der Waals surface area (Å²) in [7, 11) is 0. The fourth-order valence-corrected chi connectivity index (χ4v) is 2.47. The van der Waals surface area contributed by atoms with Crippen LogP contribution in [0.3, 0.4) is 0 Å². The van der Waals surface area contributed by atoms with Gasteiger partial charge in [-0.15, -0.1) is 0 Å². The van der Waals surface area contributed by atoms with Gasteiger partial charge in [0.2, 0.25) is 0 Å². The summed E-state index contributed by atoms with van der Waals surface area (Å²) in [6.07, 6.45) is 1.82. The fourth-order valence-electron chi connectivity index (χ4n) is 2.47. The number of rotatable bonds is 2. The molecule has 1 aliphatic heterocycles. The van der Waals surface area contributed by atoms with Gasteiger partial charge in [0.25, 0.3) is 5.56 Å². The van der Waals surface area contributed by atoms with E-state index < -0.39 is 12.3 Å². The molecule has 0 aliphatic carbocycles. The van der Waals surface area contributed by atoms with Gasteiger partial charge in [-0.3, -0.25) is 9.36 Å². The summed E-state index contributed by atoms with van der Waals surface area (Å²) >= 11 is 0. The first-order valence-electron chi connectivity index (χ1n) is 6.37. The quantitative estimate of drug-likeness (QED) is 0.823. The number of nitrogens with zero attached hydrogens (tertiary/aromatic N) is 3. The molecule has 1 fully saturated rings. The van der Waals surface area contributed by atoms with Crippen LogP contribution in [-0.4, -0.2) is 36.8 Å². The second kappa shape index (κ2) is 4.43. The highest BCUT2D eigenvalue weighted by atomic mass is 16.5. The molecule has 3 rings (SSSR count). The molecule has 19 heavy (non-hydrogen) atoms. The van der Waals surface area contributed by atoms with E-state index in [4.69, 9.17) is 4.74 Å².